The number of ether oxygens (including phenoxy) is 2. The summed E-state index contributed by atoms with van der Waals surface area (Å²) in [7, 11) is 2.86. The Balaban J connectivity index is 2.79. The standard InChI is InChI=1S/C13H15F4NO3/c1-20-7-9(21-2)6-18-12(19)8-3-4-11(14)10(5-8)13(15,16)17/h3-5,9H,6-7H2,1-2H3,(H,18,19). The van der Waals surface area contributed by atoms with Crippen molar-refractivity contribution in [1.82, 2.24) is 5.32 Å². The van der Waals surface area contributed by atoms with E-state index in [0.717, 1.165) is 6.07 Å². The highest BCUT2D eigenvalue weighted by atomic mass is 19.4. The molecule has 118 valence electrons. The van der Waals surface area contributed by atoms with E-state index in [0.29, 0.717) is 12.1 Å². The third kappa shape index (κ3) is 4.98. The summed E-state index contributed by atoms with van der Waals surface area (Å²) in [5.41, 5.74) is -1.76. The summed E-state index contributed by atoms with van der Waals surface area (Å²) in [6, 6.07) is 2.07. The predicted molar refractivity (Wildman–Crippen MR) is 66.4 cm³/mol. The Kier molecular flexibility index (Phi) is 6.10. The highest BCUT2D eigenvalue weighted by molar-refractivity contribution is 5.94. The van der Waals surface area contributed by atoms with Crippen molar-refractivity contribution in [2.24, 2.45) is 0 Å². The summed E-state index contributed by atoms with van der Waals surface area (Å²) in [4.78, 5) is 11.8. The number of rotatable bonds is 6. The SMILES string of the molecule is COCC(CNC(=O)c1ccc(F)c(C(F)(F)F)c1)OC. The molecule has 1 amide bonds. The molecule has 21 heavy (non-hydrogen) atoms. The van der Waals surface area contributed by atoms with Gasteiger partial charge in [-0.05, 0) is 18.2 Å². The minimum absolute atomic E-state index is 0.0574. The minimum atomic E-state index is -4.86. The maximum Gasteiger partial charge on any atom is 0.419 e. The van der Waals surface area contributed by atoms with E-state index in [1.807, 2.05) is 0 Å². The van der Waals surface area contributed by atoms with Crippen molar-refractivity contribution in [2.45, 2.75) is 12.3 Å². The Hall–Kier alpha value is -1.67. The van der Waals surface area contributed by atoms with Crippen molar-refractivity contribution < 1.29 is 31.8 Å². The lowest BCUT2D eigenvalue weighted by Gasteiger charge is -2.15. The summed E-state index contributed by atoms with van der Waals surface area (Å²) in [5.74, 6) is -2.17. The lowest BCUT2D eigenvalue weighted by atomic mass is 10.1. The minimum Gasteiger partial charge on any atom is -0.382 e. The number of hydrogen-bond acceptors (Lipinski definition) is 3. The number of amides is 1. The van der Waals surface area contributed by atoms with Crippen LogP contribution in [-0.4, -0.2) is 39.4 Å². The Morgan fingerprint density at radius 3 is 2.52 bits per heavy atom. The molecule has 0 bridgehead atoms. The Labute approximate surface area is 119 Å². The van der Waals surface area contributed by atoms with E-state index in [4.69, 9.17) is 9.47 Å². The number of nitrogens with one attached hydrogen (secondary N) is 1. The van der Waals surface area contributed by atoms with Crippen LogP contribution in [-0.2, 0) is 15.7 Å². The van der Waals surface area contributed by atoms with Crippen LogP contribution in [0.2, 0.25) is 0 Å². The number of carbonyl (C=O) groups is 1. The molecule has 0 heterocycles. The maximum atomic E-state index is 13.1. The van der Waals surface area contributed by atoms with Crippen molar-refractivity contribution in [3.05, 3.63) is 35.1 Å². The molecular weight excluding hydrogens is 294 g/mol. The molecule has 0 radical (unpaired) electrons. The van der Waals surface area contributed by atoms with Gasteiger partial charge in [-0.1, -0.05) is 0 Å². The molecule has 1 rings (SSSR count). The summed E-state index contributed by atoms with van der Waals surface area (Å²) in [5, 5.41) is 2.40. The molecule has 4 nitrogen and oxygen atoms in total. The number of benzene rings is 1. The number of hydrogen-bond donors (Lipinski definition) is 1. The van der Waals surface area contributed by atoms with Crippen molar-refractivity contribution in [2.75, 3.05) is 27.4 Å². The van der Waals surface area contributed by atoms with Crippen LogP contribution in [0.5, 0.6) is 0 Å². The average Bonchev–Trinajstić information content (AvgIpc) is 2.42. The van der Waals surface area contributed by atoms with Crippen LogP contribution < -0.4 is 5.32 Å². The summed E-state index contributed by atoms with van der Waals surface area (Å²) in [6.45, 7) is 0.274. The van der Waals surface area contributed by atoms with Crippen LogP contribution >= 0.6 is 0 Å². The first-order valence-electron chi connectivity index (χ1n) is 5.96. The lowest BCUT2D eigenvalue weighted by Crippen LogP contribution is -2.35. The van der Waals surface area contributed by atoms with Gasteiger partial charge in [0.05, 0.1) is 18.3 Å². The molecule has 1 N–H and O–H groups in total. The van der Waals surface area contributed by atoms with Gasteiger partial charge in [-0.3, -0.25) is 4.79 Å². The average molecular weight is 309 g/mol. The van der Waals surface area contributed by atoms with Crippen LogP contribution in [0.4, 0.5) is 17.6 Å². The highest BCUT2D eigenvalue weighted by Crippen LogP contribution is 2.31. The highest BCUT2D eigenvalue weighted by Gasteiger charge is 2.34. The van der Waals surface area contributed by atoms with Crippen LogP contribution in [0.15, 0.2) is 18.2 Å². The fourth-order valence-corrected chi connectivity index (χ4v) is 1.59. The molecule has 0 fully saturated rings. The van der Waals surface area contributed by atoms with E-state index >= 15 is 0 Å². The molecule has 0 aromatic heterocycles. The van der Waals surface area contributed by atoms with E-state index in [2.05, 4.69) is 5.32 Å². The fraction of sp³-hybridized carbons (Fsp3) is 0.462. The van der Waals surface area contributed by atoms with Gasteiger partial charge >= 0.3 is 6.18 Å². The normalized spacial score (nSPS) is 13.0. The van der Waals surface area contributed by atoms with Crippen molar-refractivity contribution in [3.63, 3.8) is 0 Å². The van der Waals surface area contributed by atoms with Crippen molar-refractivity contribution in [1.29, 1.82) is 0 Å². The van der Waals surface area contributed by atoms with Gasteiger partial charge in [0.2, 0.25) is 0 Å². The second-order valence-electron chi connectivity index (χ2n) is 4.22. The number of methoxy groups -OCH3 is 2. The largest absolute Gasteiger partial charge is 0.419 e. The molecule has 0 aliphatic carbocycles. The third-order valence-corrected chi connectivity index (χ3v) is 2.71. The van der Waals surface area contributed by atoms with Crippen LogP contribution in [0.1, 0.15) is 15.9 Å². The van der Waals surface area contributed by atoms with E-state index in [9.17, 15) is 22.4 Å². The molecule has 1 aromatic rings. The molecule has 8 heteroatoms. The summed E-state index contributed by atoms with van der Waals surface area (Å²) in [6.07, 6.45) is -5.28. The number of carbonyl (C=O) groups excluding carboxylic acids is 1. The number of halogens is 4. The first-order chi connectivity index (χ1) is 9.79. The second kappa shape index (κ2) is 7.37. The van der Waals surface area contributed by atoms with Crippen molar-refractivity contribution in [3.8, 4) is 0 Å². The molecule has 0 spiro atoms. The lowest BCUT2D eigenvalue weighted by molar-refractivity contribution is -0.140. The molecular formula is C13H15F4NO3. The van der Waals surface area contributed by atoms with Crippen LogP contribution in [0, 0.1) is 5.82 Å². The Bertz CT molecular complexity index is 491. The number of alkyl halides is 3. The monoisotopic (exact) mass is 309 g/mol. The van der Waals surface area contributed by atoms with Gasteiger partial charge in [-0.25, -0.2) is 4.39 Å². The van der Waals surface area contributed by atoms with E-state index in [-0.39, 0.29) is 18.7 Å². The molecule has 1 unspecified atom stereocenters. The quantitative estimate of drug-likeness (QED) is 0.820. The molecule has 0 saturated carbocycles. The fourth-order valence-electron chi connectivity index (χ4n) is 1.59. The predicted octanol–water partition coefficient (Wildman–Crippen LogP) is 2.24. The zero-order chi connectivity index (χ0) is 16.0. The van der Waals surface area contributed by atoms with Gasteiger partial charge in [0.25, 0.3) is 5.91 Å². The third-order valence-electron chi connectivity index (χ3n) is 2.71. The first kappa shape index (κ1) is 17.4. The molecule has 0 saturated heterocycles. The van der Waals surface area contributed by atoms with Gasteiger partial charge in [-0.2, -0.15) is 13.2 Å². The zero-order valence-corrected chi connectivity index (χ0v) is 11.5. The Morgan fingerprint density at radius 1 is 1.33 bits per heavy atom. The van der Waals surface area contributed by atoms with Gasteiger partial charge < -0.3 is 14.8 Å². The van der Waals surface area contributed by atoms with E-state index < -0.39 is 29.6 Å². The first-order valence-corrected chi connectivity index (χ1v) is 5.96. The van der Waals surface area contributed by atoms with E-state index in [1.54, 1.807) is 0 Å². The molecule has 1 atom stereocenters. The topological polar surface area (TPSA) is 47.6 Å². The van der Waals surface area contributed by atoms with Crippen LogP contribution in [0.3, 0.4) is 0 Å². The second-order valence-corrected chi connectivity index (χ2v) is 4.22. The van der Waals surface area contributed by atoms with Gasteiger partial charge in [0.15, 0.2) is 0 Å². The van der Waals surface area contributed by atoms with Gasteiger partial charge in [-0.15, -0.1) is 0 Å². The summed E-state index contributed by atoms with van der Waals surface area (Å²) < 4.78 is 60.6. The maximum absolute atomic E-state index is 13.1. The molecule has 0 aliphatic rings. The van der Waals surface area contributed by atoms with Crippen molar-refractivity contribution >= 4 is 5.91 Å². The Morgan fingerprint density at radius 2 is 2.00 bits per heavy atom. The van der Waals surface area contributed by atoms with Gasteiger partial charge in [0.1, 0.15) is 5.82 Å². The smallest absolute Gasteiger partial charge is 0.382 e. The van der Waals surface area contributed by atoms with E-state index in [1.165, 1.54) is 14.2 Å². The zero-order valence-electron chi connectivity index (χ0n) is 11.5. The summed E-state index contributed by atoms with van der Waals surface area (Å²) >= 11 is 0. The van der Waals surface area contributed by atoms with Gasteiger partial charge in [0, 0.05) is 26.3 Å². The van der Waals surface area contributed by atoms with Crippen LogP contribution in [0.25, 0.3) is 0 Å². The molecule has 1 aromatic carbocycles. The molecule has 0 aliphatic heterocycles.